The maximum Gasteiger partial charge on any atom is 0.459 e. The molecule has 1 aromatic heterocycles. The second-order valence-electron chi connectivity index (χ2n) is 8.31. The van der Waals surface area contributed by atoms with Crippen molar-refractivity contribution in [2.75, 3.05) is 6.56 Å². The minimum absolute atomic E-state index is 0.0204. The fraction of sp³-hybridized carbons (Fsp3) is 0.500. The van der Waals surface area contributed by atoms with Gasteiger partial charge in [-0.25, -0.2) is 13.8 Å². The Hall–Kier alpha value is -2.83. The molecule has 2 heterocycles. The summed E-state index contributed by atoms with van der Waals surface area (Å²) < 4.78 is 67.1. The van der Waals surface area contributed by atoms with Gasteiger partial charge in [0.1, 0.15) is 24.0 Å². The number of esters is 1. The highest BCUT2D eigenvalue weighted by molar-refractivity contribution is 7.52. The molecule has 0 aliphatic carbocycles. The van der Waals surface area contributed by atoms with Crippen LogP contribution in [0.5, 0.6) is 5.75 Å². The van der Waals surface area contributed by atoms with E-state index in [-0.39, 0.29) is 11.3 Å². The van der Waals surface area contributed by atoms with Crippen LogP contribution in [0.15, 0.2) is 46.1 Å². The first-order valence-corrected chi connectivity index (χ1v) is 12.5. The Bertz CT molecular complexity index is 1310. The third kappa shape index (κ3) is 6.68. The lowest BCUT2D eigenvalue weighted by Gasteiger charge is -2.25. The third-order valence-electron chi connectivity index (χ3n) is 4.93. The number of carbonyl (C=O) groups is 1. The van der Waals surface area contributed by atoms with Crippen molar-refractivity contribution < 1.29 is 40.1 Å². The Balaban J connectivity index is 1.90. The Kier molecular flexibility index (Phi) is 7.93. The molecule has 1 fully saturated rings. The highest BCUT2D eigenvalue weighted by atomic mass is 31.2. The number of aromatic nitrogens is 2. The number of aromatic amines is 1. The van der Waals surface area contributed by atoms with Crippen molar-refractivity contribution in [2.24, 2.45) is 0 Å². The van der Waals surface area contributed by atoms with Gasteiger partial charge in [0.05, 0.1) is 15.4 Å². The van der Waals surface area contributed by atoms with Crippen molar-refractivity contribution >= 4 is 13.7 Å². The Labute approximate surface area is 208 Å². The summed E-state index contributed by atoms with van der Waals surface area (Å²) in [5, 5.41) is 12.8. The van der Waals surface area contributed by atoms with E-state index in [1.807, 2.05) is 4.98 Å². The lowest BCUT2D eigenvalue weighted by Crippen LogP contribution is -2.37. The second kappa shape index (κ2) is 11.5. The monoisotopic (exact) mass is 531 g/mol. The molecule has 12 nitrogen and oxygen atoms in total. The van der Waals surface area contributed by atoms with E-state index in [0.717, 1.165) is 6.20 Å². The van der Waals surface area contributed by atoms with Gasteiger partial charge in [0, 0.05) is 11.8 Å². The van der Waals surface area contributed by atoms with Crippen LogP contribution in [-0.4, -0.2) is 57.7 Å². The van der Waals surface area contributed by atoms with Crippen LogP contribution in [0.4, 0.5) is 4.39 Å². The summed E-state index contributed by atoms with van der Waals surface area (Å²) in [6.07, 6.45) is -8.01. The molecule has 198 valence electrons. The molecule has 3 N–H and O–H groups in total. The zero-order valence-corrected chi connectivity index (χ0v) is 20.8. The number of hydrogen-bond donors (Lipinski definition) is 3. The summed E-state index contributed by atoms with van der Waals surface area (Å²) in [6, 6.07) is 6.20. The maximum atomic E-state index is 15.1. The highest BCUT2D eigenvalue weighted by Crippen LogP contribution is 2.46. The number of aliphatic hydroxyl groups is 1. The number of alkyl halides is 1. The van der Waals surface area contributed by atoms with Crippen molar-refractivity contribution in [3.8, 4) is 5.75 Å². The lowest BCUT2D eigenvalue weighted by atomic mass is 10.1. The minimum Gasteiger partial charge on any atom is -0.462 e. The van der Waals surface area contributed by atoms with Gasteiger partial charge in [-0.1, -0.05) is 18.2 Å². The van der Waals surface area contributed by atoms with Gasteiger partial charge in [0.15, 0.2) is 12.4 Å². The van der Waals surface area contributed by atoms with Crippen molar-refractivity contribution in [3.63, 3.8) is 0 Å². The number of para-hydroxylation sites is 1. The van der Waals surface area contributed by atoms with E-state index >= 15 is 4.39 Å². The summed E-state index contributed by atoms with van der Waals surface area (Å²) >= 11 is 0. The molecule has 1 aliphatic rings. The molecular formula is C22H29FN3O9P. The van der Waals surface area contributed by atoms with Crippen LogP contribution in [0, 0.1) is 6.92 Å². The molecule has 3 rings (SSSR count). The standard InChI is InChI=1S/C22H29FN3O9P/c1-12(2)33-21(29)14(4)25-36(31,35-15-8-6-5-7-9-15)32-11-16-18(27)17(23)20(34-16)26-10-13(3)19(28)24-22(26)30/h5-10,12,14,16-18,20,27H,11H2,1-4H3,(H,25,31)(H,24,28,30)/t14-,16-,17+,18?,20-,36+/m0/s1/i11D2. The number of nitrogens with one attached hydrogen (secondary N) is 2. The number of ether oxygens (including phenoxy) is 2. The van der Waals surface area contributed by atoms with E-state index < -0.39 is 68.3 Å². The van der Waals surface area contributed by atoms with Crippen LogP contribution in [0.1, 0.15) is 35.3 Å². The van der Waals surface area contributed by atoms with E-state index in [1.54, 1.807) is 19.9 Å². The molecule has 1 aliphatic heterocycles. The van der Waals surface area contributed by atoms with Crippen molar-refractivity contribution in [1.29, 1.82) is 0 Å². The number of carbonyl (C=O) groups excluding carboxylic acids is 1. The zero-order chi connectivity index (χ0) is 28.4. The van der Waals surface area contributed by atoms with Gasteiger partial charge in [0.2, 0.25) is 0 Å². The fourth-order valence-corrected chi connectivity index (χ4v) is 4.53. The van der Waals surface area contributed by atoms with Crippen molar-refractivity contribution in [1.82, 2.24) is 14.6 Å². The van der Waals surface area contributed by atoms with Gasteiger partial charge in [-0.15, -0.1) is 0 Å². The van der Waals surface area contributed by atoms with Crippen LogP contribution in [0.25, 0.3) is 0 Å². The normalized spacial score (nSPS) is 25.5. The van der Waals surface area contributed by atoms with Crippen molar-refractivity contribution in [2.45, 2.75) is 64.4 Å². The molecule has 0 bridgehead atoms. The van der Waals surface area contributed by atoms with Crippen LogP contribution >= 0.6 is 7.75 Å². The molecule has 14 heteroatoms. The van der Waals surface area contributed by atoms with Gasteiger partial charge in [-0.3, -0.25) is 23.7 Å². The number of aryl methyl sites for hydroxylation is 1. The lowest BCUT2D eigenvalue weighted by molar-refractivity contribution is -0.149. The Morgan fingerprint density at radius 3 is 2.64 bits per heavy atom. The summed E-state index contributed by atoms with van der Waals surface area (Å²) in [5.74, 6) is -0.858. The predicted octanol–water partition coefficient (Wildman–Crippen LogP) is 1.57. The SMILES string of the molecule is [2H]C([2H])(O[P@](=O)(N[C@@H](C)C(=O)OC(C)C)Oc1ccccc1)[C@@H]1O[C@H](n2cc(C)c(=O)[nH]c2=O)[C@H](F)C1O. The van der Waals surface area contributed by atoms with E-state index in [4.69, 9.17) is 21.3 Å². The van der Waals surface area contributed by atoms with E-state index in [2.05, 4.69) is 5.09 Å². The quantitative estimate of drug-likeness (QED) is 0.304. The number of nitrogens with zero attached hydrogens (tertiary/aromatic N) is 1. The number of aliphatic hydroxyl groups excluding tert-OH is 1. The molecule has 0 radical (unpaired) electrons. The molecule has 0 saturated carbocycles. The molecule has 6 atom stereocenters. The number of halogens is 1. The van der Waals surface area contributed by atoms with Crippen LogP contribution in [-0.2, 0) is 23.4 Å². The third-order valence-corrected chi connectivity index (χ3v) is 6.43. The zero-order valence-electron chi connectivity index (χ0n) is 21.9. The summed E-state index contributed by atoms with van der Waals surface area (Å²) in [6.45, 7) is 2.62. The van der Waals surface area contributed by atoms with Crippen LogP contribution in [0.2, 0.25) is 0 Å². The fourth-order valence-electron chi connectivity index (χ4n) is 3.17. The molecule has 0 amide bonds. The molecule has 1 unspecified atom stereocenters. The number of H-pyrrole nitrogens is 1. The van der Waals surface area contributed by atoms with Crippen LogP contribution in [0.3, 0.4) is 0 Å². The van der Waals surface area contributed by atoms with Gasteiger partial charge in [0.25, 0.3) is 5.56 Å². The number of benzene rings is 1. The molecule has 1 aromatic carbocycles. The molecule has 36 heavy (non-hydrogen) atoms. The Morgan fingerprint density at radius 1 is 1.33 bits per heavy atom. The minimum atomic E-state index is -4.79. The van der Waals surface area contributed by atoms with Gasteiger partial charge < -0.3 is 19.1 Å². The average Bonchev–Trinajstić information content (AvgIpc) is 3.11. The predicted molar refractivity (Wildman–Crippen MR) is 125 cm³/mol. The van der Waals surface area contributed by atoms with Gasteiger partial charge in [-0.05, 0) is 39.8 Å². The van der Waals surface area contributed by atoms with E-state index in [1.165, 1.54) is 38.1 Å². The number of rotatable bonds is 10. The second-order valence-corrected chi connectivity index (χ2v) is 9.93. The summed E-state index contributed by atoms with van der Waals surface area (Å²) in [7, 11) is -4.79. The number of hydrogen-bond acceptors (Lipinski definition) is 9. The summed E-state index contributed by atoms with van der Waals surface area (Å²) in [5.41, 5.74) is -1.74. The average molecular weight is 531 g/mol. The van der Waals surface area contributed by atoms with E-state index in [0.29, 0.717) is 4.57 Å². The largest absolute Gasteiger partial charge is 0.462 e. The van der Waals surface area contributed by atoms with Gasteiger partial charge in [-0.2, -0.15) is 5.09 Å². The summed E-state index contributed by atoms with van der Waals surface area (Å²) in [4.78, 5) is 38.1. The maximum absolute atomic E-state index is 15.1. The Morgan fingerprint density at radius 2 is 2.00 bits per heavy atom. The molecule has 2 aromatic rings. The van der Waals surface area contributed by atoms with Gasteiger partial charge >= 0.3 is 19.4 Å². The first kappa shape index (κ1) is 24.8. The molecular weight excluding hydrogens is 500 g/mol. The first-order chi connectivity index (χ1) is 17.6. The van der Waals surface area contributed by atoms with E-state index in [9.17, 15) is 24.1 Å². The molecule has 0 spiro atoms. The first-order valence-electron chi connectivity index (χ1n) is 12.0. The molecule has 1 saturated heterocycles. The van der Waals surface area contributed by atoms with Crippen LogP contribution < -0.4 is 20.9 Å². The topological polar surface area (TPSA) is 158 Å². The van der Waals surface area contributed by atoms with Crippen molar-refractivity contribution in [3.05, 3.63) is 62.9 Å². The smallest absolute Gasteiger partial charge is 0.459 e. The highest BCUT2D eigenvalue weighted by Gasteiger charge is 2.47.